The summed E-state index contributed by atoms with van der Waals surface area (Å²) in [6.45, 7) is 0.353. The Hall–Kier alpha value is -3.80. The van der Waals surface area contributed by atoms with Crippen LogP contribution < -0.4 is 15.1 Å². The van der Waals surface area contributed by atoms with Gasteiger partial charge in [-0.25, -0.2) is 10.4 Å². The number of hydrogen-bond acceptors (Lipinski definition) is 9. The molecule has 0 aliphatic rings. The van der Waals surface area contributed by atoms with Crippen molar-refractivity contribution in [2.45, 2.75) is 6.42 Å². The number of benzene rings is 2. The van der Waals surface area contributed by atoms with Crippen LogP contribution in [0.2, 0.25) is 5.02 Å². The van der Waals surface area contributed by atoms with Crippen LogP contribution in [0.3, 0.4) is 0 Å². The van der Waals surface area contributed by atoms with Gasteiger partial charge in [-0.05, 0) is 42.5 Å². The van der Waals surface area contributed by atoms with E-state index >= 15 is 0 Å². The number of nitro groups is 1. The van der Waals surface area contributed by atoms with E-state index in [1.807, 2.05) is 58.8 Å². The minimum absolute atomic E-state index is 0.0133. The molecular formula is C24H20ClN5O4S2. The molecule has 4 aromatic rings. The summed E-state index contributed by atoms with van der Waals surface area (Å²) in [5.41, 5.74) is 5.08. The number of thiophene rings is 1. The summed E-state index contributed by atoms with van der Waals surface area (Å²) >= 11 is 8.45. The quantitative estimate of drug-likeness (QED) is 0.147. The third-order valence-electron chi connectivity index (χ3n) is 4.98. The zero-order chi connectivity index (χ0) is 25.5. The lowest BCUT2D eigenvalue weighted by atomic mass is 10.2. The molecule has 0 unspecified atom stereocenters. The van der Waals surface area contributed by atoms with E-state index in [9.17, 15) is 14.9 Å². The third-order valence-corrected chi connectivity index (χ3v) is 7.07. The summed E-state index contributed by atoms with van der Waals surface area (Å²) < 4.78 is 5.26. The standard InChI is InChI=1S/C24H20ClN5O4S2/c1-34-19-8-6-18(7-9-19)29(24-27-21(15-35-24)16-2-4-17(25)5-3-16)13-12-22(31)28-26-14-20-10-11-23(36-20)30(32)33/h2-11,14-15H,12-13H2,1H3,(H,28,31)/b26-14+. The Bertz CT molecular complexity index is 1370. The highest BCUT2D eigenvalue weighted by atomic mass is 35.5. The monoisotopic (exact) mass is 541 g/mol. The molecule has 0 radical (unpaired) electrons. The minimum Gasteiger partial charge on any atom is -0.497 e. The molecule has 0 aliphatic carbocycles. The zero-order valence-electron chi connectivity index (χ0n) is 19.0. The molecule has 0 saturated carbocycles. The maximum absolute atomic E-state index is 12.5. The number of nitrogens with one attached hydrogen (secondary N) is 1. The van der Waals surface area contributed by atoms with Gasteiger partial charge in [0, 0.05) is 40.7 Å². The van der Waals surface area contributed by atoms with Gasteiger partial charge < -0.3 is 9.64 Å². The third kappa shape index (κ3) is 6.45. The lowest BCUT2D eigenvalue weighted by molar-refractivity contribution is -0.380. The fourth-order valence-electron chi connectivity index (χ4n) is 3.19. The highest BCUT2D eigenvalue weighted by molar-refractivity contribution is 7.16. The van der Waals surface area contributed by atoms with Gasteiger partial charge in [0.25, 0.3) is 0 Å². The lowest BCUT2D eigenvalue weighted by Crippen LogP contribution is -2.25. The van der Waals surface area contributed by atoms with Gasteiger partial charge >= 0.3 is 5.00 Å². The largest absolute Gasteiger partial charge is 0.497 e. The van der Waals surface area contributed by atoms with Gasteiger partial charge in [-0.15, -0.1) is 11.3 Å². The van der Waals surface area contributed by atoms with Gasteiger partial charge in [-0.1, -0.05) is 35.1 Å². The Kier molecular flexibility index (Phi) is 8.26. The molecule has 2 heterocycles. The number of hydrazone groups is 1. The molecule has 1 N–H and O–H groups in total. The first-order valence-corrected chi connectivity index (χ1v) is 12.7. The summed E-state index contributed by atoms with van der Waals surface area (Å²) in [5, 5.41) is 18.1. The second kappa shape index (κ2) is 11.8. The number of nitrogens with zero attached hydrogens (tertiary/aromatic N) is 4. The van der Waals surface area contributed by atoms with Crippen LogP contribution in [0.5, 0.6) is 5.75 Å². The van der Waals surface area contributed by atoms with Gasteiger partial charge in [0.05, 0.1) is 28.8 Å². The molecule has 184 valence electrons. The number of anilines is 2. The highest BCUT2D eigenvalue weighted by Crippen LogP contribution is 2.33. The molecule has 1 amide bonds. The number of thiazole rings is 1. The van der Waals surface area contributed by atoms with Crippen molar-refractivity contribution in [1.29, 1.82) is 0 Å². The lowest BCUT2D eigenvalue weighted by Gasteiger charge is -2.22. The Morgan fingerprint density at radius 2 is 1.94 bits per heavy atom. The predicted molar refractivity (Wildman–Crippen MR) is 144 cm³/mol. The molecule has 12 heteroatoms. The first-order chi connectivity index (χ1) is 17.4. The SMILES string of the molecule is COc1ccc(N(CCC(=O)N/N=C/c2ccc([N+](=O)[O-])s2)c2nc(-c3ccc(Cl)cc3)cs2)cc1. The minimum atomic E-state index is -0.467. The Morgan fingerprint density at radius 1 is 1.19 bits per heavy atom. The molecule has 36 heavy (non-hydrogen) atoms. The van der Waals surface area contributed by atoms with Crippen molar-refractivity contribution in [3.8, 4) is 17.0 Å². The molecule has 4 rings (SSSR count). The maximum Gasteiger partial charge on any atom is 0.324 e. The topological polar surface area (TPSA) is 110 Å². The van der Waals surface area contributed by atoms with Crippen molar-refractivity contribution in [2.24, 2.45) is 5.10 Å². The fourth-order valence-corrected chi connectivity index (χ4v) is 4.89. The zero-order valence-corrected chi connectivity index (χ0v) is 21.3. The van der Waals surface area contributed by atoms with Crippen LogP contribution in [0.1, 0.15) is 11.3 Å². The second-order valence-corrected chi connectivity index (χ2v) is 9.71. The summed E-state index contributed by atoms with van der Waals surface area (Å²) in [7, 11) is 1.60. The number of halogens is 1. The Labute approximate surface area is 219 Å². The van der Waals surface area contributed by atoms with Crippen LogP contribution in [-0.4, -0.2) is 35.7 Å². The van der Waals surface area contributed by atoms with Gasteiger partial charge in [0.15, 0.2) is 5.13 Å². The summed E-state index contributed by atoms with van der Waals surface area (Å²) in [6.07, 6.45) is 1.53. The number of carbonyl (C=O) groups excluding carboxylic acids is 1. The van der Waals surface area contributed by atoms with Gasteiger partial charge in [0.2, 0.25) is 5.91 Å². The highest BCUT2D eigenvalue weighted by Gasteiger charge is 2.16. The van der Waals surface area contributed by atoms with Crippen LogP contribution in [-0.2, 0) is 4.79 Å². The van der Waals surface area contributed by atoms with E-state index in [1.54, 1.807) is 13.2 Å². The predicted octanol–water partition coefficient (Wildman–Crippen LogP) is 6.12. The van der Waals surface area contributed by atoms with E-state index in [4.69, 9.17) is 21.3 Å². The van der Waals surface area contributed by atoms with Gasteiger partial charge in [-0.2, -0.15) is 5.10 Å². The fraction of sp³-hybridized carbons (Fsp3) is 0.125. The van der Waals surface area contributed by atoms with Crippen molar-refractivity contribution in [3.63, 3.8) is 0 Å². The Balaban J connectivity index is 1.46. The number of ether oxygens (including phenoxy) is 1. The van der Waals surface area contributed by atoms with Crippen molar-refractivity contribution in [1.82, 2.24) is 10.4 Å². The summed E-state index contributed by atoms with van der Waals surface area (Å²) in [4.78, 5) is 30.1. The number of hydrogen-bond donors (Lipinski definition) is 1. The molecule has 0 atom stereocenters. The second-order valence-electron chi connectivity index (χ2n) is 7.35. The van der Waals surface area contributed by atoms with Crippen LogP contribution >= 0.6 is 34.3 Å². The van der Waals surface area contributed by atoms with E-state index in [0.717, 1.165) is 39.2 Å². The molecule has 9 nitrogen and oxygen atoms in total. The van der Waals surface area contributed by atoms with Crippen molar-refractivity contribution in [2.75, 3.05) is 18.6 Å². The molecule has 2 aromatic heterocycles. The molecule has 0 bridgehead atoms. The van der Waals surface area contributed by atoms with Crippen molar-refractivity contribution >= 4 is 62.2 Å². The van der Waals surface area contributed by atoms with Gasteiger partial charge in [-0.3, -0.25) is 14.9 Å². The first-order valence-electron chi connectivity index (χ1n) is 10.6. The molecule has 0 saturated heterocycles. The first kappa shape index (κ1) is 25.3. The van der Waals surface area contributed by atoms with Crippen LogP contribution in [0.15, 0.2) is 71.1 Å². The van der Waals surface area contributed by atoms with Crippen molar-refractivity contribution < 1.29 is 14.5 Å². The number of amides is 1. The van der Waals surface area contributed by atoms with E-state index in [2.05, 4.69) is 10.5 Å². The van der Waals surface area contributed by atoms with E-state index in [-0.39, 0.29) is 17.3 Å². The average molecular weight is 542 g/mol. The number of aromatic nitrogens is 1. The number of rotatable bonds is 10. The molecular weight excluding hydrogens is 522 g/mol. The molecule has 0 spiro atoms. The molecule has 0 aliphatic heterocycles. The van der Waals surface area contributed by atoms with Crippen LogP contribution in [0.4, 0.5) is 15.8 Å². The number of methoxy groups -OCH3 is 1. The van der Waals surface area contributed by atoms with E-state index < -0.39 is 4.92 Å². The van der Waals surface area contributed by atoms with Crippen LogP contribution in [0, 0.1) is 10.1 Å². The number of carbonyl (C=O) groups is 1. The molecule has 0 fully saturated rings. The van der Waals surface area contributed by atoms with Crippen molar-refractivity contribution in [3.05, 3.63) is 86.1 Å². The van der Waals surface area contributed by atoms with E-state index in [1.165, 1.54) is 23.6 Å². The maximum atomic E-state index is 12.5. The van der Waals surface area contributed by atoms with Crippen LogP contribution in [0.25, 0.3) is 11.3 Å². The average Bonchev–Trinajstić information content (AvgIpc) is 3.56. The normalized spacial score (nSPS) is 10.9. The van der Waals surface area contributed by atoms with Gasteiger partial charge in [0.1, 0.15) is 5.75 Å². The summed E-state index contributed by atoms with van der Waals surface area (Å²) in [5.74, 6) is 0.422. The Morgan fingerprint density at radius 3 is 2.61 bits per heavy atom. The smallest absolute Gasteiger partial charge is 0.324 e. The van der Waals surface area contributed by atoms with E-state index in [0.29, 0.717) is 16.4 Å². The molecule has 2 aromatic carbocycles. The summed E-state index contributed by atoms with van der Waals surface area (Å²) in [6, 6.07) is 17.9.